The summed E-state index contributed by atoms with van der Waals surface area (Å²) in [6.45, 7) is 1.42. The summed E-state index contributed by atoms with van der Waals surface area (Å²) in [6.07, 6.45) is 8.26. The van der Waals surface area contributed by atoms with Gasteiger partial charge in [0.25, 0.3) is 11.8 Å². The number of aromatic amines is 2. The summed E-state index contributed by atoms with van der Waals surface area (Å²) in [5.74, 6) is 1.58. The first-order chi connectivity index (χ1) is 23.1. The molecule has 2 saturated heterocycles. The van der Waals surface area contributed by atoms with Crippen LogP contribution in [0.1, 0.15) is 81.5 Å². The van der Waals surface area contributed by atoms with Crippen molar-refractivity contribution in [1.29, 1.82) is 0 Å². The smallest absolute Gasteiger partial charge is 0.273 e. The van der Waals surface area contributed by atoms with Crippen LogP contribution in [0.4, 0.5) is 0 Å². The number of likely N-dealkylation sites (tertiary alicyclic amines) is 2. The Morgan fingerprint density at radius 3 is 1.62 bits per heavy atom. The number of carbonyl (C=O) groups is 2. The van der Waals surface area contributed by atoms with Crippen molar-refractivity contribution < 1.29 is 9.59 Å². The van der Waals surface area contributed by atoms with E-state index in [1.807, 2.05) is 33.0 Å². The molecule has 47 heavy (non-hydrogen) atoms. The van der Waals surface area contributed by atoms with Crippen LogP contribution >= 0.6 is 22.7 Å². The Kier molecular flexibility index (Phi) is 6.86. The Morgan fingerprint density at radius 2 is 1.17 bits per heavy atom. The van der Waals surface area contributed by atoms with Crippen LogP contribution in [0.2, 0.25) is 0 Å². The Balaban J connectivity index is 0.925. The van der Waals surface area contributed by atoms with Crippen molar-refractivity contribution in [3.63, 3.8) is 0 Å². The van der Waals surface area contributed by atoms with E-state index >= 15 is 0 Å². The van der Waals surface area contributed by atoms with E-state index in [0.29, 0.717) is 24.5 Å². The molecule has 0 spiro atoms. The summed E-state index contributed by atoms with van der Waals surface area (Å²) in [7, 11) is 0. The molecule has 2 fully saturated rings. The number of aromatic nitrogens is 6. The fourth-order valence-corrected chi connectivity index (χ4v) is 8.42. The molecule has 10 nitrogen and oxygen atoms in total. The van der Waals surface area contributed by atoms with Gasteiger partial charge in [-0.1, -0.05) is 24.3 Å². The lowest BCUT2D eigenvalue weighted by Gasteiger charge is -2.22. The minimum absolute atomic E-state index is 0.0324. The molecule has 0 unspecified atom stereocenters. The lowest BCUT2D eigenvalue weighted by atomic mass is 10.0. The second-order valence-corrected chi connectivity index (χ2v) is 13.8. The van der Waals surface area contributed by atoms with Gasteiger partial charge in [-0.2, -0.15) is 0 Å². The van der Waals surface area contributed by atoms with E-state index in [-0.39, 0.29) is 23.9 Å². The number of rotatable bonds is 6. The van der Waals surface area contributed by atoms with Gasteiger partial charge in [0, 0.05) is 23.8 Å². The fraction of sp³-hybridized carbons (Fsp3) is 0.257. The first kappa shape index (κ1) is 28.3. The van der Waals surface area contributed by atoms with E-state index in [1.54, 1.807) is 11.0 Å². The topological polar surface area (TPSA) is 124 Å². The van der Waals surface area contributed by atoms with Crippen LogP contribution in [0.15, 0.2) is 70.6 Å². The van der Waals surface area contributed by atoms with Crippen LogP contribution in [0.25, 0.3) is 33.6 Å². The highest BCUT2D eigenvalue weighted by molar-refractivity contribution is 7.08. The number of carbonyl (C=O) groups excluding carboxylic acids is 2. The Morgan fingerprint density at radius 1 is 0.681 bits per heavy atom. The average Bonchev–Trinajstić information content (AvgIpc) is 3.95. The second-order valence-electron chi connectivity index (χ2n) is 12.3. The molecular weight excluding hydrogens is 629 g/mol. The summed E-state index contributed by atoms with van der Waals surface area (Å²) < 4.78 is 0. The molecule has 0 saturated carbocycles. The van der Waals surface area contributed by atoms with Gasteiger partial charge in [-0.05, 0) is 77.6 Å². The van der Waals surface area contributed by atoms with Gasteiger partial charge in [-0.25, -0.2) is 19.9 Å². The number of hydrogen-bond acceptors (Lipinski definition) is 8. The van der Waals surface area contributed by atoms with E-state index in [0.717, 1.165) is 66.3 Å². The molecule has 6 heterocycles. The third-order valence-corrected chi connectivity index (χ3v) is 10.8. The summed E-state index contributed by atoms with van der Waals surface area (Å²) in [6, 6.07) is 13.0. The molecule has 9 rings (SSSR count). The van der Waals surface area contributed by atoms with E-state index in [2.05, 4.69) is 56.3 Å². The molecule has 234 valence electrons. The molecule has 3 aliphatic rings. The van der Waals surface area contributed by atoms with Crippen LogP contribution < -0.4 is 0 Å². The average molecular weight is 659 g/mol. The maximum Gasteiger partial charge on any atom is 0.273 e. The number of amides is 2. The zero-order valence-electron chi connectivity index (χ0n) is 25.3. The van der Waals surface area contributed by atoms with Gasteiger partial charge in [0.2, 0.25) is 0 Å². The van der Waals surface area contributed by atoms with E-state index in [1.165, 1.54) is 44.9 Å². The zero-order chi connectivity index (χ0) is 31.5. The minimum Gasteiger partial charge on any atom is -0.340 e. The number of H-pyrrole nitrogens is 2. The number of thiazole rings is 2. The molecule has 2 aromatic carbocycles. The predicted octanol–water partition coefficient (Wildman–Crippen LogP) is 6.91. The van der Waals surface area contributed by atoms with Crippen LogP contribution in [0, 0.1) is 0 Å². The van der Waals surface area contributed by atoms with Gasteiger partial charge in [-0.3, -0.25) is 9.59 Å². The molecule has 4 aromatic heterocycles. The largest absolute Gasteiger partial charge is 0.340 e. The van der Waals surface area contributed by atoms with E-state index < -0.39 is 0 Å². The minimum atomic E-state index is -0.0757. The van der Waals surface area contributed by atoms with Gasteiger partial charge >= 0.3 is 0 Å². The Hall–Kier alpha value is -4.94. The molecule has 2 aliphatic heterocycles. The fourth-order valence-electron chi connectivity index (χ4n) is 7.37. The Labute approximate surface area is 278 Å². The maximum atomic E-state index is 13.1. The van der Waals surface area contributed by atoms with E-state index in [4.69, 9.17) is 9.97 Å². The summed E-state index contributed by atoms with van der Waals surface area (Å²) in [4.78, 5) is 54.9. The van der Waals surface area contributed by atoms with Gasteiger partial charge in [0.1, 0.15) is 23.0 Å². The van der Waals surface area contributed by atoms with Crippen LogP contribution in [-0.2, 0) is 6.42 Å². The van der Waals surface area contributed by atoms with Crippen molar-refractivity contribution in [2.45, 2.75) is 44.2 Å². The van der Waals surface area contributed by atoms with Gasteiger partial charge in [-0.15, -0.1) is 22.7 Å². The number of imidazole rings is 2. The third kappa shape index (κ3) is 4.90. The number of benzene rings is 2. The third-order valence-electron chi connectivity index (χ3n) is 9.66. The molecular formula is C35H30N8O2S2. The summed E-state index contributed by atoms with van der Waals surface area (Å²) in [5, 5.41) is 3.61. The molecule has 2 amide bonds. The first-order valence-corrected chi connectivity index (χ1v) is 17.7. The SMILES string of the molecule is O=C(c1cscn1)N1CCC[C@@H]1c1ncc(-c2ccc3c(c2)Cc2cc(-c4cnc([C@H]5CCCN5C(=O)c5cscn5)[nH]4)ccc2-3)[nH]1. The van der Waals surface area contributed by atoms with Crippen LogP contribution in [-0.4, -0.2) is 64.6 Å². The van der Waals surface area contributed by atoms with Crippen molar-refractivity contribution >= 4 is 34.5 Å². The summed E-state index contributed by atoms with van der Waals surface area (Å²) >= 11 is 2.87. The molecule has 2 N–H and O–H groups in total. The quantitative estimate of drug-likeness (QED) is 0.200. The molecule has 1 aliphatic carbocycles. The van der Waals surface area contributed by atoms with Crippen molar-refractivity contribution in [2.75, 3.05) is 13.1 Å². The van der Waals surface area contributed by atoms with Gasteiger partial charge in [0.15, 0.2) is 0 Å². The normalized spacial score (nSPS) is 18.6. The highest BCUT2D eigenvalue weighted by Crippen LogP contribution is 2.41. The van der Waals surface area contributed by atoms with Crippen molar-refractivity contribution in [3.05, 3.63) is 105 Å². The molecule has 0 radical (unpaired) electrons. The zero-order valence-corrected chi connectivity index (χ0v) is 27.0. The Bertz CT molecular complexity index is 1970. The van der Waals surface area contributed by atoms with Gasteiger partial charge < -0.3 is 19.8 Å². The van der Waals surface area contributed by atoms with Crippen molar-refractivity contribution in [2.24, 2.45) is 0 Å². The monoisotopic (exact) mass is 658 g/mol. The van der Waals surface area contributed by atoms with Gasteiger partial charge in [0.05, 0.1) is 46.9 Å². The first-order valence-electron chi connectivity index (χ1n) is 15.9. The molecule has 12 heteroatoms. The molecule has 6 aromatic rings. The highest BCUT2D eigenvalue weighted by Gasteiger charge is 2.35. The number of fused-ring (bicyclic) bond motifs is 3. The van der Waals surface area contributed by atoms with Crippen LogP contribution in [0.5, 0.6) is 0 Å². The number of nitrogens with zero attached hydrogens (tertiary/aromatic N) is 6. The highest BCUT2D eigenvalue weighted by atomic mass is 32.1. The second kappa shape index (κ2) is 11.4. The van der Waals surface area contributed by atoms with Crippen molar-refractivity contribution in [3.8, 4) is 33.6 Å². The lowest BCUT2D eigenvalue weighted by Crippen LogP contribution is -2.31. The van der Waals surface area contributed by atoms with Crippen molar-refractivity contribution in [1.82, 2.24) is 39.7 Å². The molecule has 0 bridgehead atoms. The maximum absolute atomic E-state index is 13.1. The predicted molar refractivity (Wildman–Crippen MR) is 180 cm³/mol. The molecule has 2 atom stereocenters. The number of nitrogens with one attached hydrogen (secondary N) is 2. The van der Waals surface area contributed by atoms with E-state index in [9.17, 15) is 9.59 Å². The summed E-state index contributed by atoms with van der Waals surface area (Å²) in [5.41, 5.74) is 13.5. The lowest BCUT2D eigenvalue weighted by molar-refractivity contribution is 0.0718. The number of hydrogen-bond donors (Lipinski definition) is 2. The van der Waals surface area contributed by atoms with Crippen LogP contribution in [0.3, 0.4) is 0 Å². The standard InChI is InChI=1S/C35H30N8O2S2/c44-34(28-16-46-18-38-28)42-9-1-3-30(42)32-36-14-26(40-32)20-5-7-24-22(11-20)13-23-12-21(6-8-25(23)24)27-15-37-33(41-27)31-4-2-10-43(31)35(45)29-17-47-19-39-29/h5-8,11-12,14-19,30-31H,1-4,9-10,13H2,(H,36,40)(H,37,41)/t30-,31-/m1/s1.